The van der Waals surface area contributed by atoms with Crippen molar-refractivity contribution < 1.29 is 13.5 Å². The van der Waals surface area contributed by atoms with Crippen LogP contribution in [0.25, 0.3) is 0 Å². The number of ether oxygens (including phenoxy) is 1. The van der Waals surface area contributed by atoms with Gasteiger partial charge in [0.25, 0.3) is 5.92 Å². The van der Waals surface area contributed by atoms with Gasteiger partial charge in [-0.05, 0) is 18.6 Å². The predicted octanol–water partition coefficient (Wildman–Crippen LogP) is 2.87. The molecule has 0 aromatic heterocycles. The smallest absolute Gasteiger partial charge is 0.280 e. The molecule has 1 aromatic carbocycles. The van der Waals surface area contributed by atoms with Crippen molar-refractivity contribution in [1.29, 1.82) is 0 Å². The number of benzene rings is 1. The van der Waals surface area contributed by atoms with Gasteiger partial charge in [0.1, 0.15) is 5.75 Å². The van der Waals surface area contributed by atoms with Crippen molar-refractivity contribution in [3.8, 4) is 5.75 Å². The van der Waals surface area contributed by atoms with Gasteiger partial charge < -0.3 is 4.74 Å². The topological polar surface area (TPSA) is 9.23 Å². The molecule has 1 aliphatic rings. The minimum absolute atomic E-state index is 0.0266. The van der Waals surface area contributed by atoms with Crippen LogP contribution in [0.5, 0.6) is 5.75 Å². The molecule has 0 aliphatic carbocycles. The summed E-state index contributed by atoms with van der Waals surface area (Å²) in [6, 6.07) is 4.85. The highest BCUT2D eigenvalue weighted by Crippen LogP contribution is 2.42. The van der Waals surface area contributed by atoms with Crippen LogP contribution in [0, 0.1) is 6.92 Å². The Hall–Kier alpha value is -1.12. The van der Waals surface area contributed by atoms with Crippen LogP contribution in [0.3, 0.4) is 0 Å². The fourth-order valence-corrected chi connectivity index (χ4v) is 1.55. The summed E-state index contributed by atoms with van der Waals surface area (Å²) in [7, 11) is 0. The number of aryl methyl sites for hydroxylation is 1. The lowest BCUT2D eigenvalue weighted by Gasteiger charge is -2.26. The summed E-state index contributed by atoms with van der Waals surface area (Å²) in [6.07, 6.45) is -0.219. The summed E-state index contributed by atoms with van der Waals surface area (Å²) in [6.45, 7) is 1.88. The Morgan fingerprint density at radius 2 is 2.15 bits per heavy atom. The quantitative estimate of drug-likeness (QED) is 0.602. The Balaban J connectivity index is 2.58. The molecule has 0 saturated carbocycles. The Bertz CT molecular complexity index is 334. The molecular weight excluding hydrogens is 174 g/mol. The normalized spacial score (nSPS) is 19.0. The van der Waals surface area contributed by atoms with Crippen molar-refractivity contribution in [3.05, 3.63) is 29.3 Å². The number of fused-ring (bicyclic) bond motifs is 1. The molecule has 0 spiro atoms. The average molecular weight is 184 g/mol. The number of rotatable bonds is 0. The van der Waals surface area contributed by atoms with Crippen molar-refractivity contribution in [2.24, 2.45) is 0 Å². The molecule has 0 bridgehead atoms. The molecular formula is C10H10F2O. The van der Waals surface area contributed by atoms with Crippen molar-refractivity contribution in [2.75, 3.05) is 6.61 Å². The van der Waals surface area contributed by atoms with Gasteiger partial charge in [-0.3, -0.25) is 0 Å². The van der Waals surface area contributed by atoms with Gasteiger partial charge in [0.2, 0.25) is 0 Å². The van der Waals surface area contributed by atoms with E-state index in [4.69, 9.17) is 4.74 Å². The van der Waals surface area contributed by atoms with Crippen LogP contribution < -0.4 is 4.74 Å². The van der Waals surface area contributed by atoms with Crippen molar-refractivity contribution >= 4 is 0 Å². The molecule has 1 nitrogen and oxygen atoms in total. The molecule has 1 heterocycles. The second kappa shape index (κ2) is 2.69. The first-order chi connectivity index (χ1) is 6.11. The maximum atomic E-state index is 13.3. The van der Waals surface area contributed by atoms with E-state index in [0.717, 1.165) is 5.56 Å². The molecule has 0 radical (unpaired) electrons. The molecule has 0 amide bonds. The molecule has 1 aliphatic heterocycles. The zero-order valence-electron chi connectivity index (χ0n) is 7.31. The molecule has 70 valence electrons. The largest absolute Gasteiger partial charge is 0.493 e. The lowest BCUT2D eigenvalue weighted by Crippen LogP contribution is -2.24. The predicted molar refractivity (Wildman–Crippen MR) is 45.2 cm³/mol. The first kappa shape index (κ1) is 8.48. The number of alkyl halides is 2. The first-order valence-electron chi connectivity index (χ1n) is 4.22. The third-order valence-corrected chi connectivity index (χ3v) is 2.27. The van der Waals surface area contributed by atoms with E-state index in [1.807, 2.05) is 0 Å². The number of para-hydroxylation sites is 1. The van der Waals surface area contributed by atoms with E-state index in [-0.39, 0.29) is 18.6 Å². The fraction of sp³-hybridized carbons (Fsp3) is 0.400. The fourth-order valence-electron chi connectivity index (χ4n) is 1.55. The molecule has 0 fully saturated rings. The van der Waals surface area contributed by atoms with Crippen LogP contribution in [0.2, 0.25) is 0 Å². The third kappa shape index (κ3) is 1.28. The highest BCUT2D eigenvalue weighted by atomic mass is 19.3. The van der Waals surface area contributed by atoms with Gasteiger partial charge in [0, 0.05) is 0 Å². The van der Waals surface area contributed by atoms with Gasteiger partial charge in [0.15, 0.2) is 0 Å². The van der Waals surface area contributed by atoms with Crippen molar-refractivity contribution in [1.82, 2.24) is 0 Å². The summed E-state index contributed by atoms with van der Waals surface area (Å²) < 4.78 is 31.8. The van der Waals surface area contributed by atoms with E-state index in [1.54, 1.807) is 19.1 Å². The van der Waals surface area contributed by atoms with Gasteiger partial charge in [0.05, 0.1) is 18.6 Å². The van der Waals surface area contributed by atoms with Crippen LogP contribution >= 0.6 is 0 Å². The Morgan fingerprint density at radius 1 is 1.38 bits per heavy atom. The van der Waals surface area contributed by atoms with Crippen molar-refractivity contribution in [3.63, 3.8) is 0 Å². The lowest BCUT2D eigenvalue weighted by atomic mass is 10.00. The molecule has 1 aromatic rings. The van der Waals surface area contributed by atoms with E-state index < -0.39 is 5.92 Å². The maximum Gasteiger partial charge on any atom is 0.280 e. The van der Waals surface area contributed by atoms with Crippen LogP contribution in [-0.2, 0) is 5.92 Å². The summed E-state index contributed by atoms with van der Waals surface area (Å²) in [5.74, 6) is -2.36. The average Bonchev–Trinajstić information content (AvgIpc) is 2.06. The number of hydrogen-bond acceptors (Lipinski definition) is 1. The van der Waals surface area contributed by atoms with Crippen LogP contribution in [0.1, 0.15) is 17.5 Å². The van der Waals surface area contributed by atoms with Gasteiger partial charge >= 0.3 is 0 Å². The Labute approximate surface area is 75.3 Å². The highest BCUT2D eigenvalue weighted by molar-refractivity contribution is 5.44. The SMILES string of the molecule is Cc1cccc2c1OCCC2(F)F. The van der Waals surface area contributed by atoms with Gasteiger partial charge in [-0.2, -0.15) is 0 Å². The second-order valence-electron chi connectivity index (χ2n) is 3.25. The Morgan fingerprint density at radius 3 is 2.85 bits per heavy atom. The van der Waals surface area contributed by atoms with Gasteiger partial charge in [-0.25, -0.2) is 8.78 Å². The lowest BCUT2D eigenvalue weighted by molar-refractivity contribution is -0.0406. The molecule has 2 rings (SSSR count). The van der Waals surface area contributed by atoms with E-state index in [1.165, 1.54) is 6.07 Å². The molecule has 0 N–H and O–H groups in total. The second-order valence-corrected chi connectivity index (χ2v) is 3.25. The highest BCUT2D eigenvalue weighted by Gasteiger charge is 2.38. The molecule has 0 saturated heterocycles. The summed E-state index contributed by atoms with van der Waals surface area (Å²) in [4.78, 5) is 0. The summed E-state index contributed by atoms with van der Waals surface area (Å²) in [5, 5.41) is 0. The monoisotopic (exact) mass is 184 g/mol. The van der Waals surface area contributed by atoms with E-state index >= 15 is 0 Å². The van der Waals surface area contributed by atoms with Crippen LogP contribution in [0.15, 0.2) is 18.2 Å². The summed E-state index contributed by atoms with van der Waals surface area (Å²) >= 11 is 0. The molecule has 13 heavy (non-hydrogen) atoms. The van der Waals surface area contributed by atoms with Crippen LogP contribution in [-0.4, -0.2) is 6.61 Å². The van der Waals surface area contributed by atoms with Crippen molar-refractivity contribution in [2.45, 2.75) is 19.3 Å². The van der Waals surface area contributed by atoms with Gasteiger partial charge in [-0.15, -0.1) is 0 Å². The minimum Gasteiger partial charge on any atom is -0.493 e. The van der Waals surface area contributed by atoms with Gasteiger partial charge in [-0.1, -0.05) is 12.1 Å². The molecule has 0 atom stereocenters. The zero-order chi connectivity index (χ0) is 9.47. The van der Waals surface area contributed by atoms with Crippen LogP contribution in [0.4, 0.5) is 8.78 Å². The zero-order valence-corrected chi connectivity index (χ0v) is 7.31. The standard InChI is InChI=1S/C10H10F2O/c1-7-3-2-4-8-9(7)13-6-5-10(8,11)12/h2-4H,5-6H2,1H3. The minimum atomic E-state index is -2.72. The first-order valence-corrected chi connectivity index (χ1v) is 4.22. The van der Waals surface area contributed by atoms with E-state index in [0.29, 0.717) is 5.75 Å². The summed E-state index contributed by atoms with van der Waals surface area (Å²) in [5.41, 5.74) is 0.802. The van der Waals surface area contributed by atoms with E-state index in [9.17, 15) is 8.78 Å². The maximum absolute atomic E-state index is 13.3. The number of hydrogen-bond donors (Lipinski definition) is 0. The molecule has 3 heteroatoms. The Kier molecular flexibility index (Phi) is 1.75. The van der Waals surface area contributed by atoms with E-state index in [2.05, 4.69) is 0 Å². The molecule has 0 unspecified atom stereocenters. The number of halogens is 2. The third-order valence-electron chi connectivity index (χ3n) is 2.27.